The standard InChI is InChI=1S/C17H15ClN2O4/c1-19-10-14-13-4-2-3-5-15(13)23-16(17(14,24-19)20(21)22)11-6-8-12(18)9-7-11/h2-9,14,16H,10H2,1H3/t14-,16+,17-/m1/s1. The van der Waals surface area contributed by atoms with E-state index in [2.05, 4.69) is 0 Å². The maximum Gasteiger partial charge on any atom is 0.389 e. The third kappa shape index (κ3) is 2.11. The van der Waals surface area contributed by atoms with Gasteiger partial charge in [0.1, 0.15) is 11.7 Å². The number of benzene rings is 2. The Morgan fingerprint density at radius 3 is 2.67 bits per heavy atom. The van der Waals surface area contributed by atoms with Crippen LogP contribution in [0.3, 0.4) is 0 Å². The molecule has 2 aromatic rings. The molecule has 2 aliphatic rings. The SMILES string of the molecule is CN1C[C@@H]2c3ccccc3O[C@@H](c3ccc(Cl)cc3)[C@]2([N+](=O)[O-])O1. The second-order valence-electron chi connectivity index (χ2n) is 6.05. The highest BCUT2D eigenvalue weighted by molar-refractivity contribution is 6.30. The van der Waals surface area contributed by atoms with Gasteiger partial charge in [-0.3, -0.25) is 10.1 Å². The summed E-state index contributed by atoms with van der Waals surface area (Å²) in [6, 6.07) is 14.3. The molecule has 2 aromatic carbocycles. The van der Waals surface area contributed by atoms with E-state index >= 15 is 0 Å². The van der Waals surface area contributed by atoms with E-state index in [1.165, 1.54) is 5.06 Å². The fourth-order valence-electron chi connectivity index (χ4n) is 3.58. The fraction of sp³-hybridized carbons (Fsp3) is 0.294. The van der Waals surface area contributed by atoms with Gasteiger partial charge in [0, 0.05) is 29.7 Å². The lowest BCUT2D eigenvalue weighted by atomic mass is 9.80. The Balaban J connectivity index is 1.92. The predicted octanol–water partition coefficient (Wildman–Crippen LogP) is 3.41. The molecule has 0 radical (unpaired) electrons. The summed E-state index contributed by atoms with van der Waals surface area (Å²) < 4.78 is 6.05. The van der Waals surface area contributed by atoms with Crippen LogP contribution in [0.5, 0.6) is 5.75 Å². The summed E-state index contributed by atoms with van der Waals surface area (Å²) >= 11 is 5.95. The van der Waals surface area contributed by atoms with Crippen molar-refractivity contribution >= 4 is 11.6 Å². The van der Waals surface area contributed by atoms with Gasteiger partial charge in [-0.25, -0.2) is 4.84 Å². The van der Waals surface area contributed by atoms with Gasteiger partial charge in [-0.2, -0.15) is 5.06 Å². The number of ether oxygens (including phenoxy) is 1. The monoisotopic (exact) mass is 346 g/mol. The minimum Gasteiger partial charge on any atom is -0.475 e. The number of hydrogen-bond donors (Lipinski definition) is 0. The molecule has 0 unspecified atom stereocenters. The smallest absolute Gasteiger partial charge is 0.389 e. The lowest BCUT2D eigenvalue weighted by molar-refractivity contribution is -0.655. The highest BCUT2D eigenvalue weighted by atomic mass is 35.5. The molecule has 6 nitrogen and oxygen atoms in total. The molecule has 3 atom stereocenters. The Hall–Kier alpha value is -2.15. The first-order chi connectivity index (χ1) is 11.5. The molecular weight excluding hydrogens is 332 g/mol. The number of hydroxylamine groups is 2. The van der Waals surface area contributed by atoms with E-state index in [-0.39, 0.29) is 4.92 Å². The molecule has 0 spiro atoms. The van der Waals surface area contributed by atoms with Crippen LogP contribution in [-0.2, 0) is 4.84 Å². The van der Waals surface area contributed by atoms with Crippen molar-refractivity contribution in [2.24, 2.45) is 0 Å². The molecule has 7 heteroatoms. The summed E-state index contributed by atoms with van der Waals surface area (Å²) in [6.45, 7) is 0.422. The Labute approximate surface area is 143 Å². The Bertz CT molecular complexity index is 797. The third-order valence-electron chi connectivity index (χ3n) is 4.61. The number of para-hydroxylation sites is 1. The highest BCUT2D eigenvalue weighted by Crippen LogP contribution is 2.54. The first-order valence-corrected chi connectivity index (χ1v) is 7.96. The van der Waals surface area contributed by atoms with E-state index in [0.29, 0.717) is 22.9 Å². The van der Waals surface area contributed by atoms with Crippen LogP contribution in [0.25, 0.3) is 0 Å². The normalized spacial score (nSPS) is 28.8. The van der Waals surface area contributed by atoms with Crippen LogP contribution in [0, 0.1) is 10.1 Å². The average molecular weight is 347 g/mol. The first kappa shape index (κ1) is 15.4. The number of fused-ring (bicyclic) bond motifs is 3. The van der Waals surface area contributed by atoms with Gasteiger partial charge < -0.3 is 4.74 Å². The lowest BCUT2D eigenvalue weighted by Gasteiger charge is -2.37. The van der Waals surface area contributed by atoms with Crippen molar-refractivity contribution in [3.05, 3.63) is 74.8 Å². The van der Waals surface area contributed by atoms with Crippen molar-refractivity contribution in [2.75, 3.05) is 13.6 Å². The van der Waals surface area contributed by atoms with Crippen molar-refractivity contribution in [3.63, 3.8) is 0 Å². The van der Waals surface area contributed by atoms with Crippen LogP contribution in [-0.4, -0.2) is 29.3 Å². The van der Waals surface area contributed by atoms with Gasteiger partial charge >= 0.3 is 5.72 Å². The van der Waals surface area contributed by atoms with Gasteiger partial charge in [0.2, 0.25) is 6.10 Å². The minimum absolute atomic E-state index is 0.365. The Morgan fingerprint density at radius 1 is 1.25 bits per heavy atom. The third-order valence-corrected chi connectivity index (χ3v) is 4.87. The molecule has 1 saturated heterocycles. The van der Waals surface area contributed by atoms with Crippen LogP contribution in [0.1, 0.15) is 23.1 Å². The predicted molar refractivity (Wildman–Crippen MR) is 87.4 cm³/mol. The quantitative estimate of drug-likeness (QED) is 0.616. The number of hydrogen-bond acceptors (Lipinski definition) is 5. The maximum atomic E-state index is 12.1. The summed E-state index contributed by atoms with van der Waals surface area (Å²) in [7, 11) is 1.70. The van der Waals surface area contributed by atoms with E-state index in [4.69, 9.17) is 21.2 Å². The van der Waals surface area contributed by atoms with Crippen LogP contribution in [0.4, 0.5) is 0 Å². The van der Waals surface area contributed by atoms with E-state index in [1.807, 2.05) is 24.3 Å². The number of nitro groups is 1. The van der Waals surface area contributed by atoms with Gasteiger partial charge in [-0.05, 0) is 18.2 Å². The molecule has 24 heavy (non-hydrogen) atoms. The number of rotatable bonds is 2. The topological polar surface area (TPSA) is 64.8 Å². The molecule has 0 N–H and O–H groups in total. The van der Waals surface area contributed by atoms with Gasteiger partial charge in [0.25, 0.3) is 0 Å². The van der Waals surface area contributed by atoms with E-state index < -0.39 is 17.7 Å². The van der Waals surface area contributed by atoms with Crippen molar-refractivity contribution in [1.82, 2.24) is 5.06 Å². The van der Waals surface area contributed by atoms with Crippen LogP contribution in [0.15, 0.2) is 48.5 Å². The summed E-state index contributed by atoms with van der Waals surface area (Å²) in [5, 5.41) is 14.2. The zero-order valence-corrected chi connectivity index (χ0v) is 13.6. The molecule has 2 aliphatic heterocycles. The molecule has 0 amide bonds. The van der Waals surface area contributed by atoms with E-state index in [0.717, 1.165) is 5.56 Å². The van der Waals surface area contributed by atoms with Crippen molar-refractivity contribution in [3.8, 4) is 5.75 Å². The molecule has 0 bridgehead atoms. The second-order valence-corrected chi connectivity index (χ2v) is 6.49. The molecular formula is C17H15ClN2O4. The molecule has 2 heterocycles. The lowest BCUT2D eigenvalue weighted by Crippen LogP contribution is -2.53. The number of likely N-dealkylation sites (N-methyl/N-ethyl adjacent to an activating group) is 1. The largest absolute Gasteiger partial charge is 0.475 e. The molecule has 0 aliphatic carbocycles. The van der Waals surface area contributed by atoms with Crippen LogP contribution in [0.2, 0.25) is 5.02 Å². The summed E-state index contributed by atoms with van der Waals surface area (Å²) in [4.78, 5) is 17.5. The van der Waals surface area contributed by atoms with Crippen molar-refractivity contribution < 1.29 is 14.5 Å². The molecule has 1 fully saturated rings. The van der Waals surface area contributed by atoms with Gasteiger partial charge in [-0.15, -0.1) is 0 Å². The minimum atomic E-state index is -1.70. The molecule has 124 valence electrons. The maximum absolute atomic E-state index is 12.1. The Morgan fingerprint density at radius 2 is 1.96 bits per heavy atom. The summed E-state index contributed by atoms with van der Waals surface area (Å²) in [6.07, 6.45) is -0.866. The first-order valence-electron chi connectivity index (χ1n) is 7.58. The Kier molecular flexibility index (Phi) is 3.49. The zero-order valence-electron chi connectivity index (χ0n) is 12.9. The second kappa shape index (κ2) is 5.44. The zero-order chi connectivity index (χ0) is 16.9. The molecule has 0 aromatic heterocycles. The van der Waals surface area contributed by atoms with Gasteiger partial charge in [-0.1, -0.05) is 41.9 Å². The number of nitrogens with zero attached hydrogens (tertiary/aromatic N) is 2. The average Bonchev–Trinajstić information content (AvgIpc) is 2.93. The van der Waals surface area contributed by atoms with Crippen LogP contribution < -0.4 is 4.74 Å². The van der Waals surface area contributed by atoms with E-state index in [9.17, 15) is 10.1 Å². The molecule has 0 saturated carbocycles. The van der Waals surface area contributed by atoms with E-state index in [1.54, 1.807) is 31.3 Å². The highest BCUT2D eigenvalue weighted by Gasteiger charge is 2.68. The number of halogens is 1. The fourth-order valence-corrected chi connectivity index (χ4v) is 3.70. The molecule has 4 rings (SSSR count). The van der Waals surface area contributed by atoms with Crippen LogP contribution >= 0.6 is 11.6 Å². The van der Waals surface area contributed by atoms with Crippen molar-refractivity contribution in [1.29, 1.82) is 0 Å². The summed E-state index contributed by atoms with van der Waals surface area (Å²) in [5.74, 6) is 0.224. The summed E-state index contributed by atoms with van der Waals surface area (Å²) in [5.41, 5.74) is -0.244. The van der Waals surface area contributed by atoms with Gasteiger partial charge in [0.15, 0.2) is 0 Å². The van der Waals surface area contributed by atoms with Gasteiger partial charge in [0.05, 0.1) is 4.92 Å². The van der Waals surface area contributed by atoms with Crippen molar-refractivity contribution in [2.45, 2.75) is 17.7 Å².